The Morgan fingerprint density at radius 1 is 1.40 bits per heavy atom. The van der Waals surface area contributed by atoms with Gasteiger partial charge >= 0.3 is 6.09 Å². The van der Waals surface area contributed by atoms with E-state index >= 15 is 0 Å². The highest BCUT2D eigenvalue weighted by molar-refractivity contribution is 5.82. The van der Waals surface area contributed by atoms with E-state index in [9.17, 15) is 9.59 Å². The van der Waals surface area contributed by atoms with Crippen LogP contribution in [0.3, 0.4) is 0 Å². The molecule has 0 saturated heterocycles. The summed E-state index contributed by atoms with van der Waals surface area (Å²) in [6, 6.07) is 0. The second-order valence-electron chi connectivity index (χ2n) is 4.10. The molecule has 0 spiro atoms. The second-order valence-corrected chi connectivity index (χ2v) is 4.10. The standard InChI is InChI=1S/C9H18N2O4/c1-6(12)11-7(13)5-10-8(14)15-9(2,3)4/h6,12H,5H2,1-4H3,(H,10,14)(H,11,13). The van der Waals surface area contributed by atoms with Crippen LogP contribution in [0.25, 0.3) is 0 Å². The first-order valence-electron chi connectivity index (χ1n) is 4.65. The molecule has 0 aliphatic rings. The van der Waals surface area contributed by atoms with Crippen molar-refractivity contribution in [3.05, 3.63) is 0 Å². The maximum Gasteiger partial charge on any atom is 0.408 e. The summed E-state index contributed by atoms with van der Waals surface area (Å²) in [4.78, 5) is 22.1. The van der Waals surface area contributed by atoms with Gasteiger partial charge in [0.15, 0.2) is 0 Å². The minimum Gasteiger partial charge on any atom is -0.444 e. The smallest absolute Gasteiger partial charge is 0.408 e. The van der Waals surface area contributed by atoms with Crippen molar-refractivity contribution in [2.24, 2.45) is 0 Å². The molecule has 1 unspecified atom stereocenters. The molecule has 0 aliphatic carbocycles. The summed E-state index contributed by atoms with van der Waals surface area (Å²) in [6.07, 6.45) is -1.60. The molecule has 6 heteroatoms. The molecule has 3 N–H and O–H groups in total. The molecule has 0 bridgehead atoms. The van der Waals surface area contributed by atoms with E-state index in [0.717, 1.165) is 0 Å². The van der Waals surface area contributed by atoms with Crippen LogP contribution in [0.5, 0.6) is 0 Å². The Hall–Kier alpha value is -1.30. The highest BCUT2D eigenvalue weighted by Gasteiger charge is 2.16. The SMILES string of the molecule is CC(O)NC(=O)CNC(=O)OC(C)(C)C. The van der Waals surface area contributed by atoms with Crippen LogP contribution >= 0.6 is 0 Å². The number of alkyl carbamates (subject to hydrolysis) is 1. The van der Waals surface area contributed by atoms with Gasteiger partial charge in [0, 0.05) is 0 Å². The van der Waals surface area contributed by atoms with Gasteiger partial charge in [-0.15, -0.1) is 0 Å². The van der Waals surface area contributed by atoms with E-state index in [-0.39, 0.29) is 6.54 Å². The fourth-order valence-electron chi connectivity index (χ4n) is 0.751. The maximum absolute atomic E-state index is 11.1. The lowest BCUT2D eigenvalue weighted by atomic mass is 10.2. The summed E-state index contributed by atoms with van der Waals surface area (Å²) in [5.41, 5.74) is -0.592. The molecule has 0 aliphatic heterocycles. The van der Waals surface area contributed by atoms with Crippen molar-refractivity contribution in [2.75, 3.05) is 6.54 Å². The summed E-state index contributed by atoms with van der Waals surface area (Å²) in [7, 11) is 0. The Bertz CT molecular complexity index is 233. The number of aliphatic hydroxyl groups excluding tert-OH is 1. The van der Waals surface area contributed by atoms with Crippen molar-refractivity contribution in [1.82, 2.24) is 10.6 Å². The third kappa shape index (κ3) is 9.01. The predicted octanol–water partition coefficient (Wildman–Crippen LogP) is -0.0344. The third-order valence-corrected chi connectivity index (χ3v) is 1.16. The number of rotatable bonds is 3. The van der Waals surface area contributed by atoms with Gasteiger partial charge in [0.05, 0.1) is 0 Å². The highest BCUT2D eigenvalue weighted by atomic mass is 16.6. The summed E-state index contributed by atoms with van der Waals surface area (Å²) in [5.74, 6) is -0.476. The Balaban J connectivity index is 3.77. The molecule has 0 saturated carbocycles. The lowest BCUT2D eigenvalue weighted by Gasteiger charge is -2.19. The van der Waals surface area contributed by atoms with E-state index in [1.165, 1.54) is 6.92 Å². The molecule has 6 nitrogen and oxygen atoms in total. The van der Waals surface area contributed by atoms with E-state index in [1.807, 2.05) is 0 Å². The number of carbonyl (C=O) groups excluding carboxylic acids is 2. The molecule has 0 aromatic carbocycles. The number of aliphatic hydroxyl groups is 1. The van der Waals surface area contributed by atoms with Gasteiger partial charge in [0.2, 0.25) is 5.91 Å². The number of nitrogens with one attached hydrogen (secondary N) is 2. The molecule has 0 aromatic rings. The lowest BCUT2D eigenvalue weighted by molar-refractivity contribution is -0.122. The minimum atomic E-state index is -0.932. The van der Waals surface area contributed by atoms with Crippen molar-refractivity contribution < 1.29 is 19.4 Å². The van der Waals surface area contributed by atoms with E-state index < -0.39 is 23.8 Å². The number of ether oxygens (including phenoxy) is 1. The average Bonchev–Trinajstić information content (AvgIpc) is 1.96. The fraction of sp³-hybridized carbons (Fsp3) is 0.778. The first-order chi connectivity index (χ1) is 6.70. The zero-order valence-electron chi connectivity index (χ0n) is 9.46. The predicted molar refractivity (Wildman–Crippen MR) is 54.1 cm³/mol. The first-order valence-corrected chi connectivity index (χ1v) is 4.65. The Morgan fingerprint density at radius 2 is 1.93 bits per heavy atom. The molecular formula is C9H18N2O4. The van der Waals surface area contributed by atoms with E-state index in [4.69, 9.17) is 9.84 Å². The van der Waals surface area contributed by atoms with Crippen LogP contribution in [0.4, 0.5) is 4.79 Å². The van der Waals surface area contributed by atoms with Crippen molar-refractivity contribution >= 4 is 12.0 Å². The van der Waals surface area contributed by atoms with Crippen molar-refractivity contribution in [3.63, 3.8) is 0 Å². The zero-order chi connectivity index (χ0) is 12.1. The average molecular weight is 218 g/mol. The topological polar surface area (TPSA) is 87.7 Å². The van der Waals surface area contributed by atoms with Gasteiger partial charge in [-0.3, -0.25) is 4.79 Å². The van der Waals surface area contributed by atoms with E-state index in [2.05, 4.69) is 10.6 Å². The number of hydrogen-bond donors (Lipinski definition) is 3. The van der Waals surface area contributed by atoms with Gasteiger partial charge in [-0.2, -0.15) is 0 Å². The molecule has 1 atom stereocenters. The highest BCUT2D eigenvalue weighted by Crippen LogP contribution is 2.05. The molecule has 0 heterocycles. The molecule has 0 aromatic heterocycles. The van der Waals surface area contributed by atoms with Gasteiger partial charge in [0.1, 0.15) is 18.4 Å². The Labute approximate surface area is 89.0 Å². The lowest BCUT2D eigenvalue weighted by Crippen LogP contribution is -2.42. The van der Waals surface area contributed by atoms with Crippen LogP contribution in [-0.4, -0.2) is 35.5 Å². The van der Waals surface area contributed by atoms with Gasteiger partial charge in [0.25, 0.3) is 0 Å². The maximum atomic E-state index is 11.1. The van der Waals surface area contributed by atoms with Crippen LogP contribution in [0.15, 0.2) is 0 Å². The summed E-state index contributed by atoms with van der Waals surface area (Å²) < 4.78 is 4.90. The van der Waals surface area contributed by atoms with Crippen LogP contribution in [0, 0.1) is 0 Å². The first kappa shape index (κ1) is 13.7. The summed E-state index contributed by atoms with van der Waals surface area (Å²) in [6.45, 7) is 6.36. The number of amides is 2. The quantitative estimate of drug-likeness (QED) is 0.580. The largest absolute Gasteiger partial charge is 0.444 e. The fourth-order valence-corrected chi connectivity index (χ4v) is 0.751. The van der Waals surface area contributed by atoms with Crippen LogP contribution < -0.4 is 10.6 Å². The molecule has 15 heavy (non-hydrogen) atoms. The van der Waals surface area contributed by atoms with E-state index in [0.29, 0.717) is 0 Å². The summed E-state index contributed by atoms with van der Waals surface area (Å²) >= 11 is 0. The second kappa shape index (κ2) is 5.55. The third-order valence-electron chi connectivity index (χ3n) is 1.16. The van der Waals surface area contributed by atoms with Crippen LogP contribution in [-0.2, 0) is 9.53 Å². The Morgan fingerprint density at radius 3 is 2.33 bits per heavy atom. The van der Waals surface area contributed by atoms with Crippen molar-refractivity contribution in [3.8, 4) is 0 Å². The van der Waals surface area contributed by atoms with E-state index in [1.54, 1.807) is 20.8 Å². The van der Waals surface area contributed by atoms with Gasteiger partial charge in [-0.25, -0.2) is 4.79 Å². The number of carbonyl (C=O) groups is 2. The van der Waals surface area contributed by atoms with Gasteiger partial charge < -0.3 is 20.5 Å². The number of hydrogen-bond acceptors (Lipinski definition) is 4. The Kier molecular flexibility index (Phi) is 5.07. The molecule has 88 valence electrons. The van der Waals surface area contributed by atoms with Gasteiger partial charge in [-0.1, -0.05) is 0 Å². The zero-order valence-corrected chi connectivity index (χ0v) is 9.46. The summed E-state index contributed by atoms with van der Waals surface area (Å²) in [5, 5.41) is 13.3. The molecule has 2 amide bonds. The van der Waals surface area contributed by atoms with Gasteiger partial charge in [-0.05, 0) is 27.7 Å². The molecular weight excluding hydrogens is 200 g/mol. The van der Waals surface area contributed by atoms with Crippen LogP contribution in [0.1, 0.15) is 27.7 Å². The monoisotopic (exact) mass is 218 g/mol. The van der Waals surface area contributed by atoms with Crippen LogP contribution in [0.2, 0.25) is 0 Å². The minimum absolute atomic E-state index is 0.222. The van der Waals surface area contributed by atoms with Crippen molar-refractivity contribution in [2.45, 2.75) is 39.5 Å². The molecule has 0 radical (unpaired) electrons. The normalized spacial score (nSPS) is 12.9. The molecule has 0 rings (SSSR count). The van der Waals surface area contributed by atoms with Crippen molar-refractivity contribution in [1.29, 1.82) is 0 Å². The molecule has 0 fully saturated rings.